The number of nitrogens with zero attached hydrogens (tertiary/aromatic N) is 2. The molecule has 6 nitrogen and oxygen atoms in total. The number of sulfonamides is 1. The molecule has 0 spiro atoms. The van der Waals surface area contributed by atoms with Gasteiger partial charge in [0.15, 0.2) is 0 Å². The maximum Gasteiger partial charge on any atom is 0.253 e. The van der Waals surface area contributed by atoms with Crippen LogP contribution in [0.5, 0.6) is 0 Å². The Balaban J connectivity index is 2.17. The Morgan fingerprint density at radius 1 is 1.08 bits per heavy atom. The molecule has 0 aliphatic heterocycles. The largest absolute Gasteiger partial charge is 0.339 e. The molecular weight excluding hydrogens is 350 g/mol. The highest BCUT2D eigenvalue weighted by atomic mass is 32.2. The van der Waals surface area contributed by atoms with E-state index in [9.17, 15) is 13.2 Å². The predicted molar refractivity (Wildman–Crippen MR) is 101 cm³/mol. The first-order valence-electron chi connectivity index (χ1n) is 8.76. The third kappa shape index (κ3) is 5.37. The number of rotatable bonds is 9. The van der Waals surface area contributed by atoms with Gasteiger partial charge in [-0.3, -0.25) is 9.78 Å². The lowest BCUT2D eigenvalue weighted by molar-refractivity contribution is 0.0755. The van der Waals surface area contributed by atoms with Crippen molar-refractivity contribution in [3.8, 4) is 0 Å². The van der Waals surface area contributed by atoms with Crippen LogP contribution in [0.1, 0.15) is 42.7 Å². The highest BCUT2D eigenvalue weighted by Crippen LogP contribution is 2.14. The summed E-state index contributed by atoms with van der Waals surface area (Å²) in [5.74, 6) is -0.143. The number of pyridine rings is 1. The van der Waals surface area contributed by atoms with Crippen molar-refractivity contribution in [2.24, 2.45) is 0 Å². The van der Waals surface area contributed by atoms with E-state index in [0.717, 1.165) is 12.8 Å². The molecule has 7 heteroatoms. The lowest BCUT2D eigenvalue weighted by atomic mass is 10.2. The van der Waals surface area contributed by atoms with Crippen LogP contribution in [0.2, 0.25) is 0 Å². The second-order valence-corrected chi connectivity index (χ2v) is 7.73. The summed E-state index contributed by atoms with van der Waals surface area (Å²) in [6, 6.07) is 11.5. The van der Waals surface area contributed by atoms with E-state index < -0.39 is 10.0 Å². The lowest BCUT2D eigenvalue weighted by Crippen LogP contribution is -2.32. The van der Waals surface area contributed by atoms with Gasteiger partial charge in [0.25, 0.3) is 5.91 Å². The molecule has 0 saturated heterocycles. The van der Waals surface area contributed by atoms with Crippen molar-refractivity contribution < 1.29 is 13.2 Å². The van der Waals surface area contributed by atoms with Gasteiger partial charge >= 0.3 is 0 Å². The Kier molecular flexibility index (Phi) is 7.29. The van der Waals surface area contributed by atoms with Gasteiger partial charge in [-0.05, 0) is 43.2 Å². The Morgan fingerprint density at radius 2 is 1.81 bits per heavy atom. The van der Waals surface area contributed by atoms with Gasteiger partial charge in [-0.1, -0.05) is 26.0 Å². The van der Waals surface area contributed by atoms with Crippen LogP contribution >= 0.6 is 0 Å². The zero-order chi connectivity index (χ0) is 19.0. The zero-order valence-corrected chi connectivity index (χ0v) is 16.0. The average molecular weight is 375 g/mol. The summed E-state index contributed by atoms with van der Waals surface area (Å²) < 4.78 is 27.6. The molecule has 2 rings (SSSR count). The summed E-state index contributed by atoms with van der Waals surface area (Å²) in [6.07, 6.45) is 3.32. The van der Waals surface area contributed by atoms with Gasteiger partial charge < -0.3 is 4.90 Å². The second-order valence-electron chi connectivity index (χ2n) is 5.97. The number of hydrogen-bond acceptors (Lipinski definition) is 4. The molecule has 140 valence electrons. The molecule has 0 bridgehead atoms. The topological polar surface area (TPSA) is 79.4 Å². The fraction of sp³-hybridized carbons (Fsp3) is 0.368. The van der Waals surface area contributed by atoms with E-state index in [-0.39, 0.29) is 17.3 Å². The smallest absolute Gasteiger partial charge is 0.253 e. The van der Waals surface area contributed by atoms with Crippen molar-refractivity contribution in [2.75, 3.05) is 13.1 Å². The van der Waals surface area contributed by atoms with Crippen LogP contribution in [-0.4, -0.2) is 37.3 Å². The molecule has 1 heterocycles. The molecule has 1 N–H and O–H groups in total. The quantitative estimate of drug-likeness (QED) is 0.731. The molecular formula is C19H25N3O3S. The summed E-state index contributed by atoms with van der Waals surface area (Å²) >= 11 is 0. The summed E-state index contributed by atoms with van der Waals surface area (Å²) in [6.45, 7) is 5.43. The van der Waals surface area contributed by atoms with Gasteiger partial charge in [0, 0.05) is 24.8 Å². The molecule has 0 atom stereocenters. The van der Waals surface area contributed by atoms with E-state index in [4.69, 9.17) is 0 Å². The summed E-state index contributed by atoms with van der Waals surface area (Å²) in [4.78, 5) is 18.6. The van der Waals surface area contributed by atoms with Gasteiger partial charge in [-0.15, -0.1) is 0 Å². The van der Waals surface area contributed by atoms with Gasteiger partial charge in [0.1, 0.15) is 0 Å². The van der Waals surface area contributed by atoms with Crippen molar-refractivity contribution in [1.82, 2.24) is 14.6 Å². The fourth-order valence-corrected chi connectivity index (χ4v) is 3.63. The Hall–Kier alpha value is -2.25. The highest BCUT2D eigenvalue weighted by Gasteiger charge is 2.19. The first-order valence-corrected chi connectivity index (χ1v) is 10.2. The average Bonchev–Trinajstić information content (AvgIpc) is 2.67. The number of carbonyl (C=O) groups is 1. The van der Waals surface area contributed by atoms with E-state index in [1.165, 1.54) is 12.1 Å². The van der Waals surface area contributed by atoms with Gasteiger partial charge in [0.05, 0.1) is 17.1 Å². The molecule has 0 fully saturated rings. The maximum absolute atomic E-state index is 12.7. The monoisotopic (exact) mass is 375 g/mol. The molecule has 0 aliphatic rings. The number of benzene rings is 1. The van der Waals surface area contributed by atoms with E-state index in [1.807, 2.05) is 13.8 Å². The molecule has 2 aromatic rings. The van der Waals surface area contributed by atoms with Gasteiger partial charge in [-0.2, -0.15) is 0 Å². The molecule has 0 radical (unpaired) electrons. The van der Waals surface area contributed by atoms with Crippen molar-refractivity contribution in [2.45, 2.75) is 38.1 Å². The number of hydrogen-bond donors (Lipinski definition) is 1. The van der Waals surface area contributed by atoms with Crippen LogP contribution in [0.4, 0.5) is 0 Å². The predicted octanol–water partition coefficient (Wildman–Crippen LogP) is 2.82. The minimum atomic E-state index is -3.73. The van der Waals surface area contributed by atoms with Crippen molar-refractivity contribution in [3.63, 3.8) is 0 Å². The SMILES string of the molecule is CCCN(CCC)C(=O)c1cccc(S(=O)(=O)NCc2ccccn2)c1. The van der Waals surface area contributed by atoms with Crippen molar-refractivity contribution in [3.05, 3.63) is 59.9 Å². The fourth-order valence-electron chi connectivity index (χ4n) is 2.59. The molecule has 1 aromatic carbocycles. The molecule has 0 aliphatic carbocycles. The number of aromatic nitrogens is 1. The highest BCUT2D eigenvalue weighted by molar-refractivity contribution is 7.89. The minimum Gasteiger partial charge on any atom is -0.339 e. The third-order valence-corrected chi connectivity index (χ3v) is 5.23. The number of carbonyl (C=O) groups excluding carboxylic acids is 1. The summed E-state index contributed by atoms with van der Waals surface area (Å²) in [5, 5.41) is 0. The van der Waals surface area contributed by atoms with Crippen molar-refractivity contribution in [1.29, 1.82) is 0 Å². The molecule has 1 amide bonds. The van der Waals surface area contributed by atoms with Crippen LogP contribution in [-0.2, 0) is 16.6 Å². The van der Waals surface area contributed by atoms with Gasteiger partial charge in [0.2, 0.25) is 10.0 Å². The van der Waals surface area contributed by atoms with Crippen LogP contribution in [0.15, 0.2) is 53.6 Å². The molecule has 1 aromatic heterocycles. The zero-order valence-electron chi connectivity index (χ0n) is 15.2. The molecule has 26 heavy (non-hydrogen) atoms. The Bertz CT molecular complexity index is 817. The summed E-state index contributed by atoms with van der Waals surface area (Å²) in [7, 11) is -3.73. The first kappa shape index (κ1) is 20.1. The van der Waals surface area contributed by atoms with Crippen LogP contribution in [0.25, 0.3) is 0 Å². The maximum atomic E-state index is 12.7. The standard InChI is InChI=1S/C19H25N3O3S/c1-3-12-22(13-4-2)19(23)16-8-7-10-18(14-16)26(24,25)21-15-17-9-5-6-11-20-17/h5-11,14,21H,3-4,12-13,15H2,1-2H3. The lowest BCUT2D eigenvalue weighted by Gasteiger charge is -2.21. The third-order valence-electron chi connectivity index (χ3n) is 3.84. The number of amides is 1. The van der Waals surface area contributed by atoms with Crippen LogP contribution < -0.4 is 4.72 Å². The normalized spacial score (nSPS) is 11.3. The van der Waals surface area contributed by atoms with Crippen LogP contribution in [0.3, 0.4) is 0 Å². The number of nitrogens with one attached hydrogen (secondary N) is 1. The van der Waals surface area contributed by atoms with Gasteiger partial charge in [-0.25, -0.2) is 13.1 Å². The van der Waals surface area contributed by atoms with E-state index >= 15 is 0 Å². The minimum absolute atomic E-state index is 0.0761. The van der Waals surface area contributed by atoms with Crippen LogP contribution in [0, 0.1) is 0 Å². The van der Waals surface area contributed by atoms with Crippen molar-refractivity contribution >= 4 is 15.9 Å². The molecule has 0 saturated carbocycles. The Labute approximate surface area is 155 Å². The molecule has 0 unspecified atom stereocenters. The second kappa shape index (κ2) is 9.45. The van der Waals surface area contributed by atoms with E-state index in [2.05, 4.69) is 9.71 Å². The first-order chi connectivity index (χ1) is 12.5. The Morgan fingerprint density at radius 3 is 2.42 bits per heavy atom. The van der Waals surface area contributed by atoms with E-state index in [0.29, 0.717) is 24.3 Å². The van der Waals surface area contributed by atoms with E-state index in [1.54, 1.807) is 41.4 Å². The summed E-state index contributed by atoms with van der Waals surface area (Å²) in [5.41, 5.74) is 1.01.